The molecule has 1 aromatic carbocycles. The zero-order valence-electron chi connectivity index (χ0n) is 19.0. The molecule has 0 saturated heterocycles. The van der Waals surface area contributed by atoms with E-state index >= 15 is 0 Å². The molecule has 172 valence electrons. The van der Waals surface area contributed by atoms with Crippen molar-refractivity contribution in [1.82, 2.24) is 9.78 Å². The summed E-state index contributed by atoms with van der Waals surface area (Å²) in [4.78, 5) is 25.2. The molecule has 3 aliphatic rings. The molecule has 3 aliphatic carbocycles. The minimum atomic E-state index is -0.538. The molecule has 7 heteroatoms. The summed E-state index contributed by atoms with van der Waals surface area (Å²) in [6, 6.07) is 6.32. The highest BCUT2D eigenvalue weighted by Gasteiger charge is 2.52. The van der Waals surface area contributed by atoms with E-state index in [0.717, 1.165) is 36.2 Å². The van der Waals surface area contributed by atoms with Crippen LogP contribution < -0.4 is 0 Å². The van der Waals surface area contributed by atoms with E-state index in [4.69, 9.17) is 9.47 Å². The summed E-state index contributed by atoms with van der Waals surface area (Å²) in [6.45, 7) is 2.22. The molecule has 1 saturated carbocycles. The molecule has 2 aromatic rings. The number of nitrogens with zero attached hydrogens (tertiary/aromatic N) is 2. The normalized spacial score (nSPS) is 27.9. The molecule has 1 heterocycles. The van der Waals surface area contributed by atoms with Gasteiger partial charge in [-0.1, -0.05) is 24.1 Å². The van der Waals surface area contributed by atoms with Crippen molar-refractivity contribution in [2.45, 2.75) is 32.6 Å². The van der Waals surface area contributed by atoms with Crippen LogP contribution in [-0.4, -0.2) is 35.9 Å². The van der Waals surface area contributed by atoms with Gasteiger partial charge in [0.1, 0.15) is 5.82 Å². The first-order valence-electron chi connectivity index (χ1n) is 11.3. The van der Waals surface area contributed by atoms with Crippen molar-refractivity contribution in [3.05, 3.63) is 64.8 Å². The number of esters is 2. The maximum Gasteiger partial charge on any atom is 0.310 e. The van der Waals surface area contributed by atoms with Crippen molar-refractivity contribution >= 4 is 18.0 Å². The maximum absolute atomic E-state index is 13.4. The number of allylic oxidation sites excluding steroid dienone is 3. The van der Waals surface area contributed by atoms with Gasteiger partial charge in [0.15, 0.2) is 0 Å². The van der Waals surface area contributed by atoms with Gasteiger partial charge in [-0.3, -0.25) is 9.59 Å². The number of ether oxygens (including phenoxy) is 2. The second-order valence-electron chi connectivity index (χ2n) is 9.34. The van der Waals surface area contributed by atoms with E-state index in [1.54, 1.807) is 12.1 Å². The van der Waals surface area contributed by atoms with Crippen LogP contribution in [0.15, 0.2) is 47.7 Å². The molecule has 0 radical (unpaired) electrons. The summed E-state index contributed by atoms with van der Waals surface area (Å²) in [5, 5.41) is 4.59. The quantitative estimate of drug-likeness (QED) is 0.516. The van der Waals surface area contributed by atoms with Gasteiger partial charge < -0.3 is 9.47 Å². The Balaban J connectivity index is 1.54. The zero-order chi connectivity index (χ0) is 23.3. The minimum absolute atomic E-state index is 0.0638. The molecule has 33 heavy (non-hydrogen) atoms. The number of rotatable bonds is 3. The van der Waals surface area contributed by atoms with Gasteiger partial charge in [-0.2, -0.15) is 5.10 Å². The van der Waals surface area contributed by atoms with Gasteiger partial charge in [-0.25, -0.2) is 9.07 Å². The number of hydrogen-bond donors (Lipinski definition) is 0. The largest absolute Gasteiger partial charge is 0.469 e. The van der Waals surface area contributed by atoms with Crippen molar-refractivity contribution in [1.29, 1.82) is 0 Å². The van der Waals surface area contributed by atoms with Gasteiger partial charge >= 0.3 is 11.9 Å². The molecule has 1 aromatic heterocycles. The summed E-state index contributed by atoms with van der Waals surface area (Å²) >= 11 is 0. The molecule has 0 spiro atoms. The molecule has 0 aliphatic heterocycles. The Morgan fingerprint density at radius 3 is 2.58 bits per heavy atom. The van der Waals surface area contributed by atoms with Gasteiger partial charge in [0.2, 0.25) is 0 Å². The number of carbonyl (C=O) groups is 2. The molecule has 0 amide bonds. The Morgan fingerprint density at radius 2 is 1.88 bits per heavy atom. The zero-order valence-corrected chi connectivity index (χ0v) is 19.0. The number of hydrogen-bond acceptors (Lipinski definition) is 5. The standard InChI is InChI=1S/C26H27FN2O4/c1-26-13-15-14-28-29(18-7-5-17(27)6-8-18)22(15)12-16(26)4-9-19-21(26)11-10-20(24(30)32-2)23(19)25(31)33-3/h5-8,11-12,14,19-20,23H,4,9-10,13H2,1-3H3/t19-,20+,23-,26-/m0/s1. The van der Waals surface area contributed by atoms with Crippen LogP contribution in [0.2, 0.25) is 0 Å². The first kappa shape index (κ1) is 21.6. The van der Waals surface area contributed by atoms with Crippen LogP contribution in [0, 0.1) is 29.0 Å². The topological polar surface area (TPSA) is 70.4 Å². The van der Waals surface area contributed by atoms with Crippen LogP contribution in [0.25, 0.3) is 11.8 Å². The summed E-state index contributed by atoms with van der Waals surface area (Å²) in [7, 11) is 2.74. The van der Waals surface area contributed by atoms with Crippen LogP contribution in [0.3, 0.4) is 0 Å². The number of halogens is 1. The van der Waals surface area contributed by atoms with Gasteiger partial charge in [0.25, 0.3) is 0 Å². The predicted molar refractivity (Wildman–Crippen MR) is 120 cm³/mol. The first-order valence-corrected chi connectivity index (χ1v) is 11.3. The molecule has 0 unspecified atom stereocenters. The Morgan fingerprint density at radius 1 is 1.15 bits per heavy atom. The van der Waals surface area contributed by atoms with Crippen molar-refractivity contribution < 1.29 is 23.5 Å². The Bertz CT molecular complexity index is 1180. The Labute approximate surface area is 192 Å². The van der Waals surface area contributed by atoms with Crippen LogP contribution in [0.4, 0.5) is 4.39 Å². The van der Waals surface area contributed by atoms with Crippen LogP contribution in [-0.2, 0) is 25.5 Å². The van der Waals surface area contributed by atoms with E-state index in [-0.39, 0.29) is 29.1 Å². The third-order valence-corrected chi connectivity index (χ3v) is 7.72. The SMILES string of the molecule is COC(=O)[C@@H]1[C@H](C(=O)OC)CC=C2[C@@H]1CCC1=Cc3c(cnn3-c3ccc(F)cc3)C[C@@]12C. The van der Waals surface area contributed by atoms with Crippen molar-refractivity contribution in [3.63, 3.8) is 0 Å². The highest BCUT2D eigenvalue weighted by atomic mass is 19.1. The summed E-state index contributed by atoms with van der Waals surface area (Å²) in [5.41, 5.74) is 5.19. The fourth-order valence-electron chi connectivity index (χ4n) is 6.09. The van der Waals surface area contributed by atoms with Crippen molar-refractivity contribution in [2.24, 2.45) is 23.2 Å². The van der Waals surface area contributed by atoms with Gasteiger partial charge in [0.05, 0.1) is 43.6 Å². The molecule has 4 atom stereocenters. The lowest BCUT2D eigenvalue weighted by atomic mass is 9.54. The van der Waals surface area contributed by atoms with E-state index in [0.29, 0.717) is 6.42 Å². The maximum atomic E-state index is 13.4. The number of benzene rings is 1. The Hall–Kier alpha value is -3.22. The summed E-state index contributed by atoms with van der Waals surface area (Å²) < 4.78 is 25.4. The minimum Gasteiger partial charge on any atom is -0.469 e. The highest BCUT2D eigenvalue weighted by Crippen LogP contribution is 2.57. The molecular weight excluding hydrogens is 423 g/mol. The second-order valence-corrected chi connectivity index (χ2v) is 9.34. The Kier molecular flexibility index (Phi) is 5.22. The third-order valence-electron chi connectivity index (χ3n) is 7.72. The fraction of sp³-hybridized carbons (Fsp3) is 0.423. The number of carbonyl (C=O) groups excluding carboxylic acids is 2. The molecular formula is C26H27FN2O4. The number of methoxy groups -OCH3 is 2. The first-order chi connectivity index (χ1) is 15.9. The lowest BCUT2D eigenvalue weighted by molar-refractivity contribution is -0.160. The molecule has 0 N–H and O–H groups in total. The lowest BCUT2D eigenvalue weighted by Gasteiger charge is -2.49. The molecule has 0 bridgehead atoms. The van der Waals surface area contributed by atoms with E-state index in [1.165, 1.54) is 37.5 Å². The fourth-order valence-corrected chi connectivity index (χ4v) is 6.09. The number of fused-ring (bicyclic) bond motifs is 4. The van der Waals surface area contributed by atoms with Gasteiger partial charge in [-0.15, -0.1) is 0 Å². The van der Waals surface area contributed by atoms with Crippen LogP contribution in [0.5, 0.6) is 0 Å². The molecule has 6 nitrogen and oxygen atoms in total. The van der Waals surface area contributed by atoms with E-state index < -0.39 is 11.8 Å². The van der Waals surface area contributed by atoms with E-state index in [9.17, 15) is 14.0 Å². The van der Waals surface area contributed by atoms with E-state index in [2.05, 4.69) is 24.2 Å². The van der Waals surface area contributed by atoms with Crippen molar-refractivity contribution in [2.75, 3.05) is 14.2 Å². The average Bonchev–Trinajstić information content (AvgIpc) is 3.23. The number of aromatic nitrogens is 2. The molecule has 5 rings (SSSR count). The van der Waals surface area contributed by atoms with Crippen LogP contribution in [0.1, 0.15) is 37.4 Å². The lowest BCUT2D eigenvalue weighted by Crippen LogP contribution is -2.46. The second kappa shape index (κ2) is 7.97. The van der Waals surface area contributed by atoms with Crippen LogP contribution >= 0.6 is 0 Å². The highest BCUT2D eigenvalue weighted by molar-refractivity contribution is 5.83. The van der Waals surface area contributed by atoms with E-state index in [1.807, 2.05) is 10.9 Å². The summed E-state index contributed by atoms with van der Waals surface area (Å²) in [6.07, 6.45) is 9.02. The van der Waals surface area contributed by atoms with Gasteiger partial charge in [0, 0.05) is 5.41 Å². The average molecular weight is 451 g/mol. The third kappa shape index (κ3) is 3.33. The smallest absolute Gasteiger partial charge is 0.310 e. The monoisotopic (exact) mass is 450 g/mol. The van der Waals surface area contributed by atoms with Crippen molar-refractivity contribution in [3.8, 4) is 5.69 Å². The molecule has 1 fully saturated rings. The summed E-state index contributed by atoms with van der Waals surface area (Å²) in [5.74, 6) is -2.11. The van der Waals surface area contributed by atoms with Gasteiger partial charge in [-0.05, 0) is 67.5 Å². The predicted octanol–water partition coefficient (Wildman–Crippen LogP) is 4.28.